The third-order valence-electron chi connectivity index (χ3n) is 4.18. The van der Waals surface area contributed by atoms with E-state index in [4.69, 9.17) is 19.9 Å². The van der Waals surface area contributed by atoms with Crippen LogP contribution in [0.2, 0.25) is 0 Å². The number of rotatable bonds is 8. The number of halogens is 1. The molecule has 2 N–H and O–H groups in total. The molecule has 1 aromatic rings. The molecule has 0 aliphatic carbocycles. The molecule has 0 aromatic heterocycles. The van der Waals surface area contributed by atoms with Crippen molar-refractivity contribution >= 4 is 18.3 Å². The van der Waals surface area contributed by atoms with E-state index in [2.05, 4.69) is 0 Å². The standard InChI is InChI=1S/C18H28N2O4.ClH/c1-14(24-17-6-4-15(22-2)5-7-17)18(21)20-11-8-16(9-12-20)23-13-3-10-19;/h4-7,14,16H,3,8-13,19H2,1-2H3;1H. The average Bonchev–Trinajstić information content (AvgIpc) is 2.62. The van der Waals surface area contributed by atoms with Crippen LogP contribution in [0, 0.1) is 0 Å². The SMILES string of the molecule is COc1ccc(OC(C)C(=O)N2CCC(OCCCN)CC2)cc1.Cl. The highest BCUT2D eigenvalue weighted by Gasteiger charge is 2.27. The van der Waals surface area contributed by atoms with Crippen molar-refractivity contribution in [1.82, 2.24) is 4.90 Å². The second kappa shape index (κ2) is 11.2. The van der Waals surface area contributed by atoms with Gasteiger partial charge in [-0.05, 0) is 57.0 Å². The van der Waals surface area contributed by atoms with E-state index >= 15 is 0 Å². The number of methoxy groups -OCH3 is 1. The van der Waals surface area contributed by atoms with Gasteiger partial charge in [0, 0.05) is 19.7 Å². The van der Waals surface area contributed by atoms with Gasteiger partial charge in [-0.2, -0.15) is 0 Å². The van der Waals surface area contributed by atoms with Crippen molar-refractivity contribution < 1.29 is 19.0 Å². The third-order valence-corrected chi connectivity index (χ3v) is 4.18. The summed E-state index contributed by atoms with van der Waals surface area (Å²) < 4.78 is 16.6. The second-order valence-electron chi connectivity index (χ2n) is 5.97. The lowest BCUT2D eigenvalue weighted by molar-refractivity contribution is -0.140. The van der Waals surface area contributed by atoms with Crippen molar-refractivity contribution in [2.75, 3.05) is 33.4 Å². The predicted octanol–water partition coefficient (Wildman–Crippen LogP) is 2.24. The van der Waals surface area contributed by atoms with E-state index in [0.717, 1.165) is 25.0 Å². The molecule has 1 aliphatic heterocycles. The van der Waals surface area contributed by atoms with Gasteiger partial charge in [0.15, 0.2) is 6.10 Å². The highest BCUT2D eigenvalue weighted by Crippen LogP contribution is 2.20. The highest BCUT2D eigenvalue weighted by atomic mass is 35.5. The van der Waals surface area contributed by atoms with Crippen molar-refractivity contribution in [3.05, 3.63) is 24.3 Å². The fraction of sp³-hybridized carbons (Fsp3) is 0.611. The van der Waals surface area contributed by atoms with Crippen LogP contribution in [0.5, 0.6) is 11.5 Å². The molecular formula is C18H29ClN2O4. The molecule has 7 heteroatoms. The van der Waals surface area contributed by atoms with Gasteiger partial charge in [0.05, 0.1) is 13.2 Å². The van der Waals surface area contributed by atoms with Gasteiger partial charge in [-0.25, -0.2) is 0 Å². The molecule has 25 heavy (non-hydrogen) atoms. The first-order valence-electron chi connectivity index (χ1n) is 8.55. The zero-order valence-electron chi connectivity index (χ0n) is 15.0. The van der Waals surface area contributed by atoms with Gasteiger partial charge in [0.25, 0.3) is 5.91 Å². The predicted molar refractivity (Wildman–Crippen MR) is 99.6 cm³/mol. The van der Waals surface area contributed by atoms with E-state index in [-0.39, 0.29) is 24.4 Å². The maximum atomic E-state index is 12.5. The van der Waals surface area contributed by atoms with Crippen LogP contribution in [0.3, 0.4) is 0 Å². The van der Waals surface area contributed by atoms with E-state index in [1.165, 1.54) is 0 Å². The van der Waals surface area contributed by atoms with Gasteiger partial charge < -0.3 is 24.8 Å². The van der Waals surface area contributed by atoms with Crippen LogP contribution in [0.1, 0.15) is 26.2 Å². The number of hydrogen-bond acceptors (Lipinski definition) is 5. The molecule has 2 rings (SSSR count). The van der Waals surface area contributed by atoms with Crippen LogP contribution in [-0.4, -0.2) is 56.4 Å². The maximum absolute atomic E-state index is 12.5. The molecule has 1 heterocycles. The fourth-order valence-corrected chi connectivity index (χ4v) is 2.74. The van der Waals surface area contributed by atoms with Gasteiger partial charge in [-0.1, -0.05) is 0 Å². The Morgan fingerprint density at radius 3 is 2.40 bits per heavy atom. The van der Waals surface area contributed by atoms with Crippen LogP contribution < -0.4 is 15.2 Å². The fourth-order valence-electron chi connectivity index (χ4n) is 2.74. The molecule has 1 atom stereocenters. The van der Waals surface area contributed by atoms with Crippen molar-refractivity contribution in [3.63, 3.8) is 0 Å². The number of carbonyl (C=O) groups excluding carboxylic acids is 1. The second-order valence-corrected chi connectivity index (χ2v) is 5.97. The molecule has 1 fully saturated rings. The Morgan fingerprint density at radius 2 is 1.84 bits per heavy atom. The van der Waals surface area contributed by atoms with Crippen LogP contribution >= 0.6 is 12.4 Å². The molecule has 1 saturated heterocycles. The Bertz CT molecular complexity index is 504. The number of ether oxygens (including phenoxy) is 3. The summed E-state index contributed by atoms with van der Waals surface area (Å²) in [7, 11) is 1.62. The lowest BCUT2D eigenvalue weighted by Gasteiger charge is -2.33. The van der Waals surface area contributed by atoms with Crippen molar-refractivity contribution in [1.29, 1.82) is 0 Å². The number of benzene rings is 1. The van der Waals surface area contributed by atoms with E-state index in [1.54, 1.807) is 26.2 Å². The van der Waals surface area contributed by atoms with Crippen molar-refractivity contribution in [2.45, 2.75) is 38.4 Å². The molecule has 0 bridgehead atoms. The van der Waals surface area contributed by atoms with Gasteiger partial charge in [-0.15, -0.1) is 12.4 Å². The number of nitrogens with zero attached hydrogens (tertiary/aromatic N) is 1. The third kappa shape index (κ3) is 6.72. The maximum Gasteiger partial charge on any atom is 0.263 e. The Morgan fingerprint density at radius 1 is 1.24 bits per heavy atom. The normalized spacial score (nSPS) is 16.0. The van der Waals surface area contributed by atoms with E-state index < -0.39 is 6.10 Å². The summed E-state index contributed by atoms with van der Waals surface area (Å²) in [6.45, 7) is 4.56. The molecule has 6 nitrogen and oxygen atoms in total. The van der Waals surface area contributed by atoms with Gasteiger partial charge >= 0.3 is 0 Å². The molecule has 1 unspecified atom stereocenters. The summed E-state index contributed by atoms with van der Waals surface area (Å²) in [6, 6.07) is 7.24. The van der Waals surface area contributed by atoms with Crippen LogP contribution in [0.4, 0.5) is 0 Å². The van der Waals surface area contributed by atoms with Crippen LogP contribution in [0.15, 0.2) is 24.3 Å². The first kappa shape index (κ1) is 21.5. The van der Waals surface area contributed by atoms with E-state index in [9.17, 15) is 4.79 Å². The minimum absolute atomic E-state index is 0. The molecule has 1 aliphatic rings. The first-order chi connectivity index (χ1) is 11.6. The molecule has 0 saturated carbocycles. The number of likely N-dealkylation sites (tertiary alicyclic amines) is 1. The lowest BCUT2D eigenvalue weighted by Crippen LogP contribution is -2.46. The van der Waals surface area contributed by atoms with E-state index in [0.29, 0.717) is 32.0 Å². The molecule has 0 spiro atoms. The topological polar surface area (TPSA) is 74.0 Å². The summed E-state index contributed by atoms with van der Waals surface area (Å²) >= 11 is 0. The molecule has 142 valence electrons. The molecular weight excluding hydrogens is 344 g/mol. The zero-order valence-corrected chi connectivity index (χ0v) is 15.8. The number of carbonyl (C=O) groups is 1. The number of hydrogen-bond donors (Lipinski definition) is 1. The lowest BCUT2D eigenvalue weighted by atomic mass is 10.1. The number of piperidine rings is 1. The average molecular weight is 373 g/mol. The summed E-state index contributed by atoms with van der Waals surface area (Å²) in [5.74, 6) is 1.45. The summed E-state index contributed by atoms with van der Waals surface area (Å²) in [4.78, 5) is 14.4. The quantitative estimate of drug-likeness (QED) is 0.708. The minimum Gasteiger partial charge on any atom is -0.497 e. The Balaban J connectivity index is 0.00000312. The van der Waals surface area contributed by atoms with Crippen molar-refractivity contribution in [2.24, 2.45) is 5.73 Å². The molecule has 0 radical (unpaired) electrons. The number of amides is 1. The molecule has 1 aromatic carbocycles. The van der Waals surface area contributed by atoms with Gasteiger partial charge in [0.1, 0.15) is 11.5 Å². The highest BCUT2D eigenvalue weighted by molar-refractivity contribution is 5.85. The monoisotopic (exact) mass is 372 g/mol. The Kier molecular flexibility index (Phi) is 9.63. The van der Waals surface area contributed by atoms with Crippen LogP contribution in [-0.2, 0) is 9.53 Å². The largest absolute Gasteiger partial charge is 0.497 e. The zero-order chi connectivity index (χ0) is 17.4. The minimum atomic E-state index is -0.506. The molecule has 1 amide bonds. The summed E-state index contributed by atoms with van der Waals surface area (Å²) in [5.41, 5.74) is 5.46. The first-order valence-corrected chi connectivity index (χ1v) is 8.55. The van der Waals surface area contributed by atoms with Gasteiger partial charge in [-0.3, -0.25) is 4.79 Å². The van der Waals surface area contributed by atoms with E-state index in [1.807, 2.05) is 17.0 Å². The van der Waals surface area contributed by atoms with Crippen molar-refractivity contribution in [3.8, 4) is 11.5 Å². The number of nitrogens with two attached hydrogens (primary N) is 1. The Hall–Kier alpha value is -1.50. The smallest absolute Gasteiger partial charge is 0.263 e. The summed E-state index contributed by atoms with van der Waals surface area (Å²) in [6.07, 6.45) is 2.34. The van der Waals surface area contributed by atoms with Crippen LogP contribution in [0.25, 0.3) is 0 Å². The van der Waals surface area contributed by atoms with Gasteiger partial charge in [0.2, 0.25) is 0 Å². The Labute approximate surface area is 156 Å². The summed E-state index contributed by atoms with van der Waals surface area (Å²) in [5, 5.41) is 0.